The number of nitrogens with one attached hydrogen (secondary N) is 1. The van der Waals surface area contributed by atoms with Crippen LogP contribution in [0.2, 0.25) is 0 Å². The normalized spacial score (nSPS) is 16.9. The predicted molar refractivity (Wildman–Crippen MR) is 127 cm³/mol. The molecule has 2 unspecified atom stereocenters. The molecule has 1 saturated heterocycles. The molecular weight excluding hydrogens is 406 g/mol. The van der Waals surface area contributed by atoms with Gasteiger partial charge in [0.1, 0.15) is 0 Å². The molecule has 1 fully saturated rings. The lowest BCUT2D eigenvalue weighted by atomic mass is 10.1. The second-order valence-corrected chi connectivity index (χ2v) is 9.41. The van der Waals surface area contributed by atoms with E-state index in [1.54, 1.807) is 0 Å². The largest absolute Gasteiger partial charge is 0.376 e. The highest BCUT2D eigenvalue weighted by Gasteiger charge is 2.23. The zero-order valence-electron chi connectivity index (χ0n) is 18.3. The van der Waals surface area contributed by atoms with E-state index < -0.39 is 0 Å². The van der Waals surface area contributed by atoms with Crippen LogP contribution in [0.1, 0.15) is 30.9 Å². The van der Waals surface area contributed by atoms with Crippen molar-refractivity contribution >= 4 is 23.4 Å². The van der Waals surface area contributed by atoms with Crippen LogP contribution in [0.25, 0.3) is 11.3 Å². The summed E-state index contributed by atoms with van der Waals surface area (Å²) in [6, 6.07) is 16.4. The topological polar surface area (TPSA) is 56.2 Å². The number of carbonyl (C=O) groups excluding carboxylic acids is 1. The standard InChI is InChI=1S/C25H29N3O2S/c1-17-11-12-18(2)22(14-17)27-24(29)19(3)31-25-26-15-23(20-8-5-4-6-9-20)28(25)16-21-10-7-13-30-21/h4-6,8-9,11-12,14-15,19,21H,7,10,13,16H2,1-3H3,(H,27,29). The molecule has 31 heavy (non-hydrogen) atoms. The number of benzene rings is 2. The van der Waals surface area contributed by atoms with E-state index in [0.29, 0.717) is 0 Å². The van der Waals surface area contributed by atoms with E-state index in [2.05, 4.69) is 33.1 Å². The Morgan fingerprint density at radius 3 is 2.81 bits per heavy atom. The number of rotatable bonds is 7. The number of thioether (sulfide) groups is 1. The van der Waals surface area contributed by atoms with Crippen LogP contribution in [0.4, 0.5) is 5.69 Å². The molecule has 2 aromatic carbocycles. The summed E-state index contributed by atoms with van der Waals surface area (Å²) < 4.78 is 8.10. The molecule has 1 aliphatic rings. The maximum Gasteiger partial charge on any atom is 0.237 e. The van der Waals surface area contributed by atoms with Crippen LogP contribution >= 0.6 is 11.8 Å². The van der Waals surface area contributed by atoms with Gasteiger partial charge in [-0.05, 0) is 56.4 Å². The van der Waals surface area contributed by atoms with Crippen LogP contribution in [-0.4, -0.2) is 33.4 Å². The van der Waals surface area contributed by atoms with E-state index in [0.717, 1.165) is 59.2 Å². The summed E-state index contributed by atoms with van der Waals surface area (Å²) in [6.07, 6.45) is 4.24. The van der Waals surface area contributed by atoms with E-state index >= 15 is 0 Å². The first-order chi connectivity index (χ1) is 15.0. The Hall–Kier alpha value is -2.57. The van der Waals surface area contributed by atoms with Gasteiger partial charge in [-0.1, -0.05) is 54.2 Å². The Morgan fingerprint density at radius 2 is 2.06 bits per heavy atom. The monoisotopic (exact) mass is 435 g/mol. The molecule has 3 aromatic rings. The van der Waals surface area contributed by atoms with Crippen LogP contribution in [0.5, 0.6) is 0 Å². The second-order valence-electron chi connectivity index (χ2n) is 8.11. The number of hydrogen-bond donors (Lipinski definition) is 1. The number of aromatic nitrogens is 2. The third-order valence-corrected chi connectivity index (χ3v) is 6.71. The molecule has 0 radical (unpaired) electrons. The lowest BCUT2D eigenvalue weighted by Crippen LogP contribution is -2.24. The molecule has 1 N–H and O–H groups in total. The SMILES string of the molecule is Cc1ccc(C)c(NC(=O)C(C)Sc2ncc(-c3ccccc3)n2CC2CCCO2)c1. The first-order valence-electron chi connectivity index (χ1n) is 10.8. The Kier molecular flexibility index (Phi) is 6.78. The quantitative estimate of drug-likeness (QED) is 0.500. The molecule has 0 saturated carbocycles. The fourth-order valence-corrected chi connectivity index (χ4v) is 4.67. The molecule has 6 heteroatoms. The first kappa shape index (κ1) is 21.7. The molecular formula is C25H29N3O2S. The highest BCUT2D eigenvalue weighted by molar-refractivity contribution is 8.00. The van der Waals surface area contributed by atoms with Gasteiger partial charge in [-0.25, -0.2) is 4.98 Å². The minimum Gasteiger partial charge on any atom is -0.376 e. The van der Waals surface area contributed by atoms with Crippen molar-refractivity contribution in [3.63, 3.8) is 0 Å². The van der Waals surface area contributed by atoms with Gasteiger partial charge in [-0.15, -0.1) is 0 Å². The van der Waals surface area contributed by atoms with Crippen molar-refractivity contribution in [3.8, 4) is 11.3 Å². The highest BCUT2D eigenvalue weighted by Crippen LogP contribution is 2.31. The molecule has 5 nitrogen and oxygen atoms in total. The molecule has 1 aromatic heterocycles. The summed E-state index contributed by atoms with van der Waals surface area (Å²) in [5.41, 5.74) is 5.22. The summed E-state index contributed by atoms with van der Waals surface area (Å²) in [4.78, 5) is 17.6. The number of amides is 1. The van der Waals surface area contributed by atoms with Gasteiger partial charge in [0.15, 0.2) is 5.16 Å². The number of aryl methyl sites for hydroxylation is 2. The van der Waals surface area contributed by atoms with Crippen molar-refractivity contribution in [3.05, 3.63) is 65.9 Å². The number of nitrogens with zero attached hydrogens (tertiary/aromatic N) is 2. The van der Waals surface area contributed by atoms with Crippen LogP contribution in [0.3, 0.4) is 0 Å². The van der Waals surface area contributed by atoms with Gasteiger partial charge in [0.25, 0.3) is 0 Å². The van der Waals surface area contributed by atoms with Crippen LogP contribution in [-0.2, 0) is 16.1 Å². The summed E-state index contributed by atoms with van der Waals surface area (Å²) in [7, 11) is 0. The van der Waals surface area contributed by atoms with E-state index in [-0.39, 0.29) is 17.3 Å². The van der Waals surface area contributed by atoms with E-state index in [1.807, 2.05) is 57.3 Å². The summed E-state index contributed by atoms with van der Waals surface area (Å²) >= 11 is 1.49. The molecule has 162 valence electrons. The Morgan fingerprint density at radius 1 is 1.26 bits per heavy atom. The number of ether oxygens (including phenoxy) is 1. The average Bonchev–Trinajstić information content (AvgIpc) is 3.42. The van der Waals surface area contributed by atoms with Gasteiger partial charge in [0, 0.05) is 12.3 Å². The van der Waals surface area contributed by atoms with E-state index in [4.69, 9.17) is 4.74 Å². The summed E-state index contributed by atoms with van der Waals surface area (Å²) in [6.45, 7) is 7.53. The number of carbonyl (C=O) groups is 1. The maximum absolute atomic E-state index is 12.9. The van der Waals surface area contributed by atoms with Gasteiger partial charge in [-0.3, -0.25) is 4.79 Å². The van der Waals surface area contributed by atoms with Crippen molar-refractivity contribution < 1.29 is 9.53 Å². The van der Waals surface area contributed by atoms with Crippen molar-refractivity contribution in [1.29, 1.82) is 0 Å². The van der Waals surface area contributed by atoms with Gasteiger partial charge >= 0.3 is 0 Å². The summed E-state index contributed by atoms with van der Waals surface area (Å²) in [5, 5.41) is 3.64. The highest BCUT2D eigenvalue weighted by atomic mass is 32.2. The third-order valence-electron chi connectivity index (χ3n) is 5.60. The molecule has 2 atom stereocenters. The number of imidazole rings is 1. The van der Waals surface area contributed by atoms with Crippen molar-refractivity contribution in [2.24, 2.45) is 0 Å². The lowest BCUT2D eigenvalue weighted by Gasteiger charge is -2.18. The zero-order chi connectivity index (χ0) is 21.8. The molecule has 0 spiro atoms. The maximum atomic E-state index is 12.9. The van der Waals surface area contributed by atoms with Crippen molar-refractivity contribution in [2.75, 3.05) is 11.9 Å². The summed E-state index contributed by atoms with van der Waals surface area (Å²) in [5.74, 6) is -0.0216. The Balaban J connectivity index is 1.54. The van der Waals surface area contributed by atoms with Gasteiger partial charge in [0.05, 0.1) is 29.8 Å². The predicted octanol–water partition coefficient (Wildman–Crippen LogP) is 5.47. The molecule has 1 aliphatic heterocycles. The van der Waals surface area contributed by atoms with Gasteiger partial charge in [-0.2, -0.15) is 0 Å². The number of anilines is 1. The average molecular weight is 436 g/mol. The van der Waals surface area contributed by atoms with Crippen LogP contribution in [0, 0.1) is 13.8 Å². The smallest absolute Gasteiger partial charge is 0.237 e. The first-order valence-corrected chi connectivity index (χ1v) is 11.7. The fraction of sp³-hybridized carbons (Fsp3) is 0.360. The van der Waals surface area contributed by atoms with E-state index in [9.17, 15) is 4.79 Å². The van der Waals surface area contributed by atoms with Gasteiger partial charge in [0.2, 0.25) is 5.91 Å². The van der Waals surface area contributed by atoms with Crippen LogP contribution < -0.4 is 5.32 Å². The fourth-order valence-electron chi connectivity index (χ4n) is 3.78. The van der Waals surface area contributed by atoms with Crippen molar-refractivity contribution in [2.45, 2.75) is 56.7 Å². The molecule has 0 aliphatic carbocycles. The second kappa shape index (κ2) is 9.71. The molecule has 2 heterocycles. The van der Waals surface area contributed by atoms with Crippen LogP contribution in [0.15, 0.2) is 59.9 Å². The molecule has 0 bridgehead atoms. The number of hydrogen-bond acceptors (Lipinski definition) is 4. The minimum absolute atomic E-state index is 0.0216. The molecule has 4 rings (SSSR count). The Labute approximate surface area is 188 Å². The Bertz CT molecular complexity index is 1040. The molecule has 1 amide bonds. The lowest BCUT2D eigenvalue weighted by molar-refractivity contribution is -0.115. The third kappa shape index (κ3) is 5.20. The van der Waals surface area contributed by atoms with Crippen molar-refractivity contribution in [1.82, 2.24) is 9.55 Å². The van der Waals surface area contributed by atoms with E-state index in [1.165, 1.54) is 11.8 Å². The minimum atomic E-state index is -0.283. The zero-order valence-corrected chi connectivity index (χ0v) is 19.1. The van der Waals surface area contributed by atoms with Gasteiger partial charge < -0.3 is 14.6 Å².